The predicted molar refractivity (Wildman–Crippen MR) is 366 cm³/mol. The monoisotopic (exact) mass is 1170 g/mol. The Kier molecular flexibility index (Phi) is 71.4. The van der Waals surface area contributed by atoms with E-state index in [1.54, 1.807) is 6.08 Å². The fourth-order valence-electron chi connectivity index (χ4n) is 12.2. The Morgan fingerprint density at radius 2 is 0.566 bits per heavy atom. The van der Waals surface area contributed by atoms with Crippen molar-refractivity contribution in [3.05, 3.63) is 24.3 Å². The van der Waals surface area contributed by atoms with Gasteiger partial charge in [0.2, 0.25) is 5.91 Å². The van der Waals surface area contributed by atoms with Gasteiger partial charge in [0.15, 0.2) is 0 Å². The Morgan fingerprint density at radius 1 is 0.325 bits per heavy atom. The summed E-state index contributed by atoms with van der Waals surface area (Å²) in [5, 5.41) is 23.3. The normalized spacial score (nSPS) is 12.6. The van der Waals surface area contributed by atoms with Gasteiger partial charge in [0.1, 0.15) is 0 Å². The summed E-state index contributed by atoms with van der Waals surface area (Å²) in [5.41, 5.74) is 0. The van der Waals surface area contributed by atoms with Gasteiger partial charge in [-0.25, -0.2) is 0 Å². The van der Waals surface area contributed by atoms with Gasteiger partial charge in [-0.1, -0.05) is 385 Å². The number of hydrogen-bond donors (Lipinski definition) is 3. The van der Waals surface area contributed by atoms with Crippen molar-refractivity contribution in [1.29, 1.82) is 0 Å². The van der Waals surface area contributed by atoms with Gasteiger partial charge in [0.25, 0.3) is 0 Å². The summed E-state index contributed by atoms with van der Waals surface area (Å²) in [7, 11) is 0. The fourth-order valence-corrected chi connectivity index (χ4v) is 12.2. The van der Waals surface area contributed by atoms with E-state index in [1.165, 1.54) is 366 Å². The lowest BCUT2D eigenvalue weighted by Gasteiger charge is -2.20. The van der Waals surface area contributed by atoms with Crippen molar-refractivity contribution in [2.45, 2.75) is 443 Å². The lowest BCUT2D eigenvalue weighted by Crippen LogP contribution is -2.45. The highest BCUT2D eigenvalue weighted by atomic mass is 16.5. The van der Waals surface area contributed by atoms with E-state index in [2.05, 4.69) is 31.3 Å². The average Bonchev–Trinajstić information content (AvgIpc) is 3.49. The molecule has 2 unspecified atom stereocenters. The standard InChI is InChI=1S/C77H149NO5/c1-3-5-7-9-11-13-15-17-19-21-22-23-29-32-35-38-41-45-49-53-57-61-65-69-75(80)74(73-79)78-76(81)70-66-62-58-54-50-46-42-39-36-33-30-27-25-24-26-28-31-34-37-40-44-48-52-56-60-64-68-72-83-77(82)71-67-63-59-55-51-47-43-20-18-16-14-12-10-8-6-4-2/h24-25,65,69,74-75,79-80H,3-23,26-64,66-68,70-73H2,1-2H3,(H,78,81)/b25-24-,69-65+. The highest BCUT2D eigenvalue weighted by molar-refractivity contribution is 5.76. The van der Waals surface area contributed by atoms with Gasteiger partial charge in [-0.3, -0.25) is 9.59 Å². The molecule has 0 saturated heterocycles. The second-order valence-corrected chi connectivity index (χ2v) is 26.3. The minimum absolute atomic E-state index is 0.0192. The van der Waals surface area contributed by atoms with Gasteiger partial charge < -0.3 is 20.3 Å². The number of nitrogens with one attached hydrogen (secondary N) is 1. The Labute approximate surface area is 520 Å². The maximum atomic E-state index is 12.5. The lowest BCUT2D eigenvalue weighted by molar-refractivity contribution is -0.143. The molecule has 0 spiro atoms. The first kappa shape index (κ1) is 81.3. The fraction of sp³-hybridized carbons (Fsp3) is 0.922. The molecular formula is C77H149NO5. The van der Waals surface area contributed by atoms with Gasteiger partial charge in [-0.2, -0.15) is 0 Å². The summed E-state index contributed by atoms with van der Waals surface area (Å²) in [5.74, 6) is -0.0447. The van der Waals surface area contributed by atoms with Gasteiger partial charge >= 0.3 is 5.97 Å². The van der Waals surface area contributed by atoms with E-state index in [0.29, 0.717) is 19.4 Å². The van der Waals surface area contributed by atoms with Crippen LogP contribution in [0.15, 0.2) is 24.3 Å². The second-order valence-electron chi connectivity index (χ2n) is 26.3. The Hall–Kier alpha value is -1.66. The van der Waals surface area contributed by atoms with E-state index in [4.69, 9.17) is 4.74 Å². The molecule has 0 aromatic rings. The molecule has 0 radical (unpaired) electrons. The van der Waals surface area contributed by atoms with Crippen LogP contribution in [0, 0.1) is 0 Å². The molecule has 0 heterocycles. The SMILES string of the molecule is CCCCCCCCCCCCCCCCCCCCCCC/C=C/C(O)C(CO)NC(=O)CCCCCCCCCCCCC/C=C\CCCCCCCCCCCCCCOC(=O)CCCCCCCCCCCCCCCCCC. The Bertz CT molecular complexity index is 1300. The molecule has 0 saturated carbocycles. The quantitative estimate of drug-likeness (QED) is 0.0320. The highest BCUT2D eigenvalue weighted by Gasteiger charge is 2.18. The Balaban J connectivity index is 3.40. The maximum Gasteiger partial charge on any atom is 0.305 e. The summed E-state index contributed by atoms with van der Waals surface area (Å²) in [4.78, 5) is 24.6. The summed E-state index contributed by atoms with van der Waals surface area (Å²) in [6.45, 7) is 4.96. The number of aliphatic hydroxyl groups excluding tert-OH is 2. The zero-order valence-electron chi connectivity index (χ0n) is 56.5. The third kappa shape index (κ3) is 69.3. The molecular weight excluding hydrogens is 1020 g/mol. The highest BCUT2D eigenvalue weighted by Crippen LogP contribution is 2.19. The van der Waals surface area contributed by atoms with E-state index in [1.807, 2.05) is 6.08 Å². The van der Waals surface area contributed by atoms with Crippen LogP contribution < -0.4 is 5.32 Å². The van der Waals surface area contributed by atoms with Crippen molar-refractivity contribution in [2.75, 3.05) is 13.2 Å². The topological polar surface area (TPSA) is 95.9 Å². The van der Waals surface area contributed by atoms with Crippen molar-refractivity contribution in [3.63, 3.8) is 0 Å². The van der Waals surface area contributed by atoms with Crippen LogP contribution in [-0.4, -0.2) is 47.4 Å². The Morgan fingerprint density at radius 3 is 0.855 bits per heavy atom. The molecule has 0 aliphatic carbocycles. The minimum atomic E-state index is -0.846. The average molecular weight is 1170 g/mol. The molecule has 6 heteroatoms. The van der Waals surface area contributed by atoms with Crippen LogP contribution in [0.5, 0.6) is 0 Å². The largest absolute Gasteiger partial charge is 0.466 e. The molecule has 0 aliphatic rings. The zero-order chi connectivity index (χ0) is 59.9. The van der Waals surface area contributed by atoms with Crippen molar-refractivity contribution in [2.24, 2.45) is 0 Å². The number of carbonyl (C=O) groups excluding carboxylic acids is 2. The molecule has 1 amide bonds. The molecule has 0 bridgehead atoms. The molecule has 0 aromatic heterocycles. The van der Waals surface area contributed by atoms with Crippen molar-refractivity contribution in [3.8, 4) is 0 Å². The van der Waals surface area contributed by atoms with Crippen molar-refractivity contribution < 1.29 is 24.5 Å². The van der Waals surface area contributed by atoms with Crippen LogP contribution in [0.1, 0.15) is 431 Å². The molecule has 2 atom stereocenters. The minimum Gasteiger partial charge on any atom is -0.466 e. The second kappa shape index (κ2) is 72.8. The lowest BCUT2D eigenvalue weighted by atomic mass is 10.0. The number of allylic oxidation sites excluding steroid dienone is 3. The van der Waals surface area contributed by atoms with E-state index in [0.717, 1.165) is 38.5 Å². The molecule has 3 N–H and O–H groups in total. The van der Waals surface area contributed by atoms with E-state index in [-0.39, 0.29) is 18.5 Å². The summed E-state index contributed by atoms with van der Waals surface area (Å²) >= 11 is 0. The molecule has 492 valence electrons. The number of rotatable bonds is 72. The summed E-state index contributed by atoms with van der Waals surface area (Å²) in [6.07, 6.45) is 92.8. The van der Waals surface area contributed by atoms with Gasteiger partial charge in [-0.05, 0) is 57.8 Å². The van der Waals surface area contributed by atoms with Gasteiger partial charge in [0, 0.05) is 12.8 Å². The predicted octanol–water partition coefficient (Wildman–Crippen LogP) is 24.9. The van der Waals surface area contributed by atoms with Crippen LogP contribution in [0.3, 0.4) is 0 Å². The van der Waals surface area contributed by atoms with E-state index < -0.39 is 12.1 Å². The first-order valence-electron chi connectivity index (χ1n) is 38.1. The molecule has 83 heavy (non-hydrogen) atoms. The molecule has 0 rings (SSSR count). The van der Waals surface area contributed by atoms with Crippen LogP contribution in [-0.2, 0) is 14.3 Å². The number of hydrogen-bond acceptors (Lipinski definition) is 5. The van der Waals surface area contributed by atoms with E-state index in [9.17, 15) is 19.8 Å². The zero-order valence-corrected chi connectivity index (χ0v) is 56.5. The summed E-state index contributed by atoms with van der Waals surface area (Å²) in [6, 6.07) is -0.630. The van der Waals surface area contributed by atoms with Crippen molar-refractivity contribution >= 4 is 11.9 Å². The number of ether oxygens (including phenoxy) is 1. The third-order valence-corrected chi connectivity index (χ3v) is 18.0. The van der Waals surface area contributed by atoms with Crippen LogP contribution in [0.25, 0.3) is 0 Å². The number of carbonyl (C=O) groups is 2. The van der Waals surface area contributed by atoms with Crippen molar-refractivity contribution in [1.82, 2.24) is 5.32 Å². The molecule has 6 nitrogen and oxygen atoms in total. The van der Waals surface area contributed by atoms with Gasteiger partial charge in [0.05, 0.1) is 25.4 Å². The maximum absolute atomic E-state index is 12.5. The number of aliphatic hydroxyl groups is 2. The van der Waals surface area contributed by atoms with E-state index >= 15 is 0 Å². The number of esters is 1. The first-order chi connectivity index (χ1) is 41.0. The molecule has 0 aliphatic heterocycles. The van der Waals surface area contributed by atoms with Crippen LogP contribution >= 0.6 is 0 Å². The first-order valence-corrected chi connectivity index (χ1v) is 38.1. The molecule has 0 fully saturated rings. The third-order valence-electron chi connectivity index (χ3n) is 18.0. The number of unbranched alkanes of at least 4 members (excludes halogenated alkanes) is 59. The van der Waals surface area contributed by atoms with Crippen LogP contribution in [0.2, 0.25) is 0 Å². The van der Waals surface area contributed by atoms with Crippen LogP contribution in [0.4, 0.5) is 0 Å². The summed E-state index contributed by atoms with van der Waals surface area (Å²) < 4.78 is 5.51. The van der Waals surface area contributed by atoms with Gasteiger partial charge in [-0.15, -0.1) is 0 Å². The molecule has 0 aromatic carbocycles. The number of amides is 1. The smallest absolute Gasteiger partial charge is 0.305 e.